The quantitative estimate of drug-likeness (QED) is 0.596. The number of halogens is 1. The van der Waals surface area contributed by atoms with Gasteiger partial charge in [0.05, 0.1) is 7.11 Å². The number of anilines is 2. The predicted octanol–water partition coefficient (Wildman–Crippen LogP) is 4.35. The minimum atomic E-state index is -0.428. The van der Waals surface area contributed by atoms with Crippen molar-refractivity contribution < 1.29 is 18.7 Å². The SMILES string of the molecule is COc1cccc(NC(=O)N2CCC(c3nnc(C(=O)Nc4cccc(F)c4)s3)CC2)c1. The molecule has 3 aromatic rings. The molecule has 0 aliphatic carbocycles. The first-order chi connectivity index (χ1) is 15.5. The Morgan fingerprint density at radius 3 is 2.50 bits per heavy atom. The summed E-state index contributed by atoms with van der Waals surface area (Å²) in [5.41, 5.74) is 1.04. The van der Waals surface area contributed by atoms with E-state index < -0.39 is 11.7 Å². The molecule has 0 atom stereocenters. The number of amides is 3. The van der Waals surface area contributed by atoms with Crippen LogP contribution in [0.5, 0.6) is 5.75 Å². The van der Waals surface area contributed by atoms with Gasteiger partial charge in [-0.2, -0.15) is 0 Å². The summed E-state index contributed by atoms with van der Waals surface area (Å²) in [6.07, 6.45) is 1.46. The highest BCUT2D eigenvalue weighted by Gasteiger charge is 2.27. The molecule has 0 bridgehead atoms. The average Bonchev–Trinajstić information content (AvgIpc) is 3.30. The molecule has 8 nitrogen and oxygen atoms in total. The van der Waals surface area contributed by atoms with Crippen molar-refractivity contribution in [1.82, 2.24) is 15.1 Å². The van der Waals surface area contributed by atoms with Crippen LogP contribution in [0.2, 0.25) is 0 Å². The summed E-state index contributed by atoms with van der Waals surface area (Å²) in [7, 11) is 1.58. The number of hydrogen-bond acceptors (Lipinski definition) is 6. The molecule has 2 N–H and O–H groups in total. The molecule has 32 heavy (non-hydrogen) atoms. The number of nitrogens with one attached hydrogen (secondary N) is 2. The summed E-state index contributed by atoms with van der Waals surface area (Å²) in [5, 5.41) is 14.7. The second-order valence-corrected chi connectivity index (χ2v) is 8.34. The van der Waals surface area contributed by atoms with Crippen LogP contribution in [0.15, 0.2) is 48.5 Å². The van der Waals surface area contributed by atoms with Crippen molar-refractivity contribution in [1.29, 1.82) is 0 Å². The van der Waals surface area contributed by atoms with Crippen LogP contribution >= 0.6 is 11.3 Å². The summed E-state index contributed by atoms with van der Waals surface area (Å²) in [4.78, 5) is 26.7. The highest BCUT2D eigenvalue weighted by Crippen LogP contribution is 2.31. The van der Waals surface area contributed by atoms with Crippen molar-refractivity contribution in [2.24, 2.45) is 0 Å². The first-order valence-corrected chi connectivity index (χ1v) is 10.9. The van der Waals surface area contributed by atoms with Gasteiger partial charge in [0.25, 0.3) is 5.91 Å². The van der Waals surface area contributed by atoms with E-state index in [0.29, 0.717) is 30.2 Å². The lowest BCUT2D eigenvalue weighted by Crippen LogP contribution is -2.40. The van der Waals surface area contributed by atoms with Gasteiger partial charge in [-0.3, -0.25) is 4.79 Å². The Morgan fingerprint density at radius 1 is 1.06 bits per heavy atom. The molecule has 1 aliphatic rings. The van der Waals surface area contributed by atoms with Gasteiger partial charge in [0.15, 0.2) is 0 Å². The highest BCUT2D eigenvalue weighted by molar-refractivity contribution is 7.13. The predicted molar refractivity (Wildman–Crippen MR) is 120 cm³/mol. The van der Waals surface area contributed by atoms with E-state index in [-0.39, 0.29) is 17.0 Å². The van der Waals surface area contributed by atoms with E-state index in [0.717, 1.165) is 17.8 Å². The van der Waals surface area contributed by atoms with E-state index in [1.165, 1.54) is 29.5 Å². The van der Waals surface area contributed by atoms with Gasteiger partial charge in [0.2, 0.25) is 5.01 Å². The molecule has 1 fully saturated rings. The van der Waals surface area contributed by atoms with Gasteiger partial charge in [-0.05, 0) is 43.2 Å². The Morgan fingerprint density at radius 2 is 1.78 bits per heavy atom. The van der Waals surface area contributed by atoms with Crippen LogP contribution in [-0.2, 0) is 0 Å². The van der Waals surface area contributed by atoms with Crippen LogP contribution in [0.1, 0.15) is 33.6 Å². The zero-order valence-corrected chi connectivity index (χ0v) is 18.2. The third kappa shape index (κ3) is 5.20. The summed E-state index contributed by atoms with van der Waals surface area (Å²) in [6, 6.07) is 12.7. The van der Waals surface area contributed by atoms with Crippen LogP contribution < -0.4 is 15.4 Å². The van der Waals surface area contributed by atoms with Crippen LogP contribution in [-0.4, -0.2) is 47.2 Å². The van der Waals surface area contributed by atoms with Crippen molar-refractivity contribution >= 4 is 34.6 Å². The number of ether oxygens (including phenoxy) is 1. The van der Waals surface area contributed by atoms with Gasteiger partial charge < -0.3 is 20.3 Å². The van der Waals surface area contributed by atoms with Gasteiger partial charge >= 0.3 is 6.03 Å². The molecule has 2 heterocycles. The molecule has 0 spiro atoms. The lowest BCUT2D eigenvalue weighted by molar-refractivity contribution is 0.102. The standard InChI is InChI=1S/C22H22FN5O3S/c1-31-18-7-3-6-17(13-18)25-22(30)28-10-8-14(9-11-28)20-26-27-21(32-20)19(29)24-16-5-2-4-15(23)12-16/h2-7,12-14H,8-11H2,1H3,(H,24,29)(H,25,30). The van der Waals surface area contributed by atoms with Crippen LogP contribution in [0.4, 0.5) is 20.6 Å². The van der Waals surface area contributed by atoms with Gasteiger partial charge in [-0.25, -0.2) is 9.18 Å². The molecule has 166 valence electrons. The third-order valence-electron chi connectivity index (χ3n) is 5.17. The maximum absolute atomic E-state index is 13.3. The van der Waals surface area contributed by atoms with Gasteiger partial charge in [0.1, 0.15) is 16.6 Å². The lowest BCUT2D eigenvalue weighted by atomic mass is 9.98. The topological polar surface area (TPSA) is 96.4 Å². The molecule has 3 amide bonds. The Labute approximate surface area is 188 Å². The number of aromatic nitrogens is 2. The molecule has 1 aromatic heterocycles. The van der Waals surface area contributed by atoms with Gasteiger partial charge in [0, 0.05) is 36.4 Å². The second kappa shape index (κ2) is 9.73. The van der Waals surface area contributed by atoms with Crippen LogP contribution in [0.3, 0.4) is 0 Å². The molecule has 10 heteroatoms. The van der Waals surface area contributed by atoms with E-state index >= 15 is 0 Å². The number of carbonyl (C=O) groups is 2. The van der Waals surface area contributed by atoms with Crippen LogP contribution in [0.25, 0.3) is 0 Å². The second-order valence-electron chi connectivity index (χ2n) is 7.33. The number of nitrogens with zero attached hydrogens (tertiary/aromatic N) is 3. The first kappa shape index (κ1) is 21.7. The number of benzene rings is 2. The summed E-state index contributed by atoms with van der Waals surface area (Å²) in [5.74, 6) is -0.0449. The normalized spacial score (nSPS) is 14.1. The van der Waals surface area contributed by atoms with E-state index in [4.69, 9.17) is 4.74 Å². The minimum absolute atomic E-state index is 0.129. The molecular weight excluding hydrogens is 433 g/mol. The maximum atomic E-state index is 13.3. The molecule has 0 unspecified atom stereocenters. The third-order valence-corrected chi connectivity index (χ3v) is 6.25. The molecule has 1 aliphatic heterocycles. The molecule has 1 saturated heterocycles. The highest BCUT2D eigenvalue weighted by atomic mass is 32.1. The smallest absolute Gasteiger partial charge is 0.321 e. The Bertz CT molecular complexity index is 1110. The fraction of sp³-hybridized carbons (Fsp3) is 0.273. The largest absolute Gasteiger partial charge is 0.497 e. The Kier molecular flexibility index (Phi) is 6.60. The van der Waals surface area contributed by atoms with E-state index in [9.17, 15) is 14.0 Å². The number of methoxy groups -OCH3 is 1. The zero-order chi connectivity index (χ0) is 22.5. The van der Waals surface area contributed by atoms with E-state index in [2.05, 4.69) is 20.8 Å². The van der Waals surface area contributed by atoms with Crippen molar-refractivity contribution in [2.75, 3.05) is 30.8 Å². The number of urea groups is 1. The maximum Gasteiger partial charge on any atom is 0.321 e. The van der Waals surface area contributed by atoms with Crippen molar-refractivity contribution in [3.63, 3.8) is 0 Å². The number of rotatable bonds is 5. The fourth-order valence-corrected chi connectivity index (χ4v) is 4.38. The van der Waals surface area contributed by atoms with E-state index in [1.54, 1.807) is 24.1 Å². The van der Waals surface area contributed by atoms with Crippen molar-refractivity contribution in [3.05, 3.63) is 64.4 Å². The monoisotopic (exact) mass is 455 g/mol. The number of hydrogen-bond donors (Lipinski definition) is 2. The number of likely N-dealkylation sites (tertiary alicyclic amines) is 1. The molecular formula is C22H22FN5O3S. The van der Waals surface area contributed by atoms with Gasteiger partial charge in [-0.1, -0.05) is 23.5 Å². The summed E-state index contributed by atoms with van der Waals surface area (Å²) >= 11 is 1.23. The minimum Gasteiger partial charge on any atom is -0.497 e. The summed E-state index contributed by atoms with van der Waals surface area (Å²) in [6.45, 7) is 1.15. The fourth-order valence-electron chi connectivity index (χ4n) is 3.47. The Hall–Kier alpha value is -3.53. The number of piperidine rings is 1. The zero-order valence-electron chi connectivity index (χ0n) is 17.4. The molecule has 0 saturated carbocycles. The van der Waals surface area contributed by atoms with Crippen LogP contribution in [0, 0.1) is 5.82 Å². The lowest BCUT2D eigenvalue weighted by Gasteiger charge is -2.31. The molecule has 4 rings (SSSR count). The molecule has 0 radical (unpaired) electrons. The Balaban J connectivity index is 1.31. The number of carbonyl (C=O) groups excluding carboxylic acids is 2. The van der Waals surface area contributed by atoms with Crippen molar-refractivity contribution in [3.8, 4) is 5.75 Å². The van der Waals surface area contributed by atoms with Gasteiger partial charge in [-0.15, -0.1) is 10.2 Å². The van der Waals surface area contributed by atoms with Crippen molar-refractivity contribution in [2.45, 2.75) is 18.8 Å². The molecule has 2 aromatic carbocycles. The first-order valence-electron chi connectivity index (χ1n) is 10.1. The summed E-state index contributed by atoms with van der Waals surface area (Å²) < 4.78 is 18.5. The van der Waals surface area contributed by atoms with E-state index in [1.807, 2.05) is 18.2 Å². The average molecular weight is 456 g/mol.